The van der Waals surface area contributed by atoms with Crippen molar-refractivity contribution < 1.29 is 0 Å². The number of nitrogens with zero attached hydrogens (tertiary/aromatic N) is 2. The van der Waals surface area contributed by atoms with E-state index in [1.807, 2.05) is 0 Å². The predicted octanol–water partition coefficient (Wildman–Crippen LogP) is 0.374. The van der Waals surface area contributed by atoms with Gasteiger partial charge in [-0.15, -0.1) is 0 Å². The lowest BCUT2D eigenvalue weighted by Crippen LogP contribution is -2.41. The summed E-state index contributed by atoms with van der Waals surface area (Å²) in [6.07, 6.45) is 4.19. The molecule has 0 radical (unpaired) electrons. The lowest BCUT2D eigenvalue weighted by molar-refractivity contribution is 0.293. The van der Waals surface area contributed by atoms with Crippen LogP contribution >= 0.6 is 0 Å². The Hall–Kier alpha value is -0.120. The van der Waals surface area contributed by atoms with Gasteiger partial charge in [-0.25, -0.2) is 0 Å². The number of fused-ring (bicyclic) bond motifs is 1. The van der Waals surface area contributed by atoms with Gasteiger partial charge in [0, 0.05) is 31.7 Å². The van der Waals surface area contributed by atoms with Crippen LogP contribution < -0.4 is 5.32 Å². The van der Waals surface area contributed by atoms with Crippen molar-refractivity contribution in [1.82, 2.24) is 15.1 Å². The molecule has 2 fully saturated rings. The molecule has 1 N–H and O–H groups in total. The van der Waals surface area contributed by atoms with Crippen LogP contribution in [0.2, 0.25) is 0 Å². The molecule has 2 saturated heterocycles. The fourth-order valence-corrected chi connectivity index (χ4v) is 2.79. The van der Waals surface area contributed by atoms with E-state index in [9.17, 15) is 0 Å². The fraction of sp³-hybridized carbons (Fsp3) is 1.00. The normalized spacial score (nSPS) is 32.8. The maximum absolute atomic E-state index is 3.70. The summed E-state index contributed by atoms with van der Waals surface area (Å²) >= 11 is 0. The Kier molecular flexibility index (Phi) is 3.42. The molecule has 0 aromatic heterocycles. The molecule has 3 heteroatoms. The molecular formula is C11H23N3. The minimum atomic E-state index is 0.775. The first-order valence-corrected chi connectivity index (χ1v) is 5.89. The number of hydrogen-bond acceptors (Lipinski definition) is 3. The second-order valence-corrected chi connectivity index (χ2v) is 4.90. The van der Waals surface area contributed by atoms with E-state index in [0.29, 0.717) is 0 Å². The average molecular weight is 197 g/mol. The van der Waals surface area contributed by atoms with Crippen molar-refractivity contribution in [2.45, 2.75) is 31.3 Å². The van der Waals surface area contributed by atoms with Gasteiger partial charge in [0.15, 0.2) is 0 Å². The SMILES string of the molecule is CN(C)CCNC1CCN2CCCC12. The van der Waals surface area contributed by atoms with Gasteiger partial charge in [-0.2, -0.15) is 0 Å². The Morgan fingerprint density at radius 2 is 2.14 bits per heavy atom. The summed E-state index contributed by atoms with van der Waals surface area (Å²) in [6, 6.07) is 1.63. The summed E-state index contributed by atoms with van der Waals surface area (Å²) in [6.45, 7) is 4.96. The minimum absolute atomic E-state index is 0.775. The van der Waals surface area contributed by atoms with Crippen molar-refractivity contribution in [3.63, 3.8) is 0 Å². The van der Waals surface area contributed by atoms with Crippen LogP contribution in [-0.4, -0.2) is 62.2 Å². The van der Waals surface area contributed by atoms with Crippen LogP contribution in [0.1, 0.15) is 19.3 Å². The highest BCUT2D eigenvalue weighted by atomic mass is 15.2. The van der Waals surface area contributed by atoms with Crippen LogP contribution in [0.4, 0.5) is 0 Å². The summed E-state index contributed by atoms with van der Waals surface area (Å²) in [5, 5.41) is 3.70. The monoisotopic (exact) mass is 197 g/mol. The van der Waals surface area contributed by atoms with Crippen molar-refractivity contribution >= 4 is 0 Å². The van der Waals surface area contributed by atoms with Crippen LogP contribution in [0, 0.1) is 0 Å². The van der Waals surface area contributed by atoms with E-state index in [1.165, 1.54) is 32.4 Å². The molecule has 2 aliphatic heterocycles. The van der Waals surface area contributed by atoms with Gasteiger partial charge in [-0.3, -0.25) is 4.90 Å². The van der Waals surface area contributed by atoms with Crippen molar-refractivity contribution in [2.24, 2.45) is 0 Å². The number of hydrogen-bond donors (Lipinski definition) is 1. The molecule has 0 bridgehead atoms. The zero-order valence-electron chi connectivity index (χ0n) is 9.50. The minimum Gasteiger partial charge on any atom is -0.311 e. The highest BCUT2D eigenvalue weighted by Gasteiger charge is 2.36. The van der Waals surface area contributed by atoms with Crippen molar-refractivity contribution in [1.29, 1.82) is 0 Å². The smallest absolute Gasteiger partial charge is 0.0250 e. The highest BCUT2D eigenvalue weighted by molar-refractivity contribution is 4.95. The van der Waals surface area contributed by atoms with E-state index >= 15 is 0 Å². The van der Waals surface area contributed by atoms with Gasteiger partial charge >= 0.3 is 0 Å². The van der Waals surface area contributed by atoms with Gasteiger partial charge in [0.2, 0.25) is 0 Å². The van der Waals surface area contributed by atoms with Crippen LogP contribution in [0.5, 0.6) is 0 Å². The third-order valence-corrected chi connectivity index (χ3v) is 3.57. The van der Waals surface area contributed by atoms with Gasteiger partial charge < -0.3 is 10.2 Å². The number of likely N-dealkylation sites (N-methyl/N-ethyl adjacent to an activating group) is 1. The molecule has 82 valence electrons. The Morgan fingerprint density at radius 1 is 1.29 bits per heavy atom. The molecule has 0 aromatic carbocycles. The largest absolute Gasteiger partial charge is 0.311 e. The van der Waals surface area contributed by atoms with Gasteiger partial charge in [-0.05, 0) is 39.9 Å². The average Bonchev–Trinajstić information content (AvgIpc) is 2.67. The van der Waals surface area contributed by atoms with Gasteiger partial charge in [0.1, 0.15) is 0 Å². The maximum atomic E-state index is 3.70. The summed E-state index contributed by atoms with van der Waals surface area (Å²) in [4.78, 5) is 4.90. The molecule has 0 aliphatic carbocycles. The van der Waals surface area contributed by atoms with E-state index in [-0.39, 0.29) is 0 Å². The molecule has 0 amide bonds. The fourth-order valence-electron chi connectivity index (χ4n) is 2.79. The van der Waals surface area contributed by atoms with Crippen molar-refractivity contribution in [3.05, 3.63) is 0 Å². The van der Waals surface area contributed by atoms with Gasteiger partial charge in [0.05, 0.1) is 0 Å². The Morgan fingerprint density at radius 3 is 2.93 bits per heavy atom. The van der Waals surface area contributed by atoms with Crippen LogP contribution in [0.3, 0.4) is 0 Å². The molecule has 2 rings (SSSR count). The standard InChI is InChI=1S/C11H23N3/c1-13(2)9-6-12-10-5-8-14-7-3-4-11(10)14/h10-12H,3-9H2,1-2H3. The van der Waals surface area contributed by atoms with Crippen LogP contribution in [0.15, 0.2) is 0 Å². The second-order valence-electron chi connectivity index (χ2n) is 4.90. The first-order valence-electron chi connectivity index (χ1n) is 5.89. The van der Waals surface area contributed by atoms with Gasteiger partial charge in [-0.1, -0.05) is 0 Å². The summed E-state index contributed by atoms with van der Waals surface area (Å²) in [5.74, 6) is 0. The molecule has 2 aliphatic rings. The molecule has 14 heavy (non-hydrogen) atoms. The third kappa shape index (κ3) is 2.27. The summed E-state index contributed by atoms with van der Waals surface area (Å²) in [7, 11) is 4.27. The first-order chi connectivity index (χ1) is 6.77. The molecule has 0 spiro atoms. The lowest BCUT2D eigenvalue weighted by Gasteiger charge is -2.22. The maximum Gasteiger partial charge on any atom is 0.0250 e. The number of nitrogens with one attached hydrogen (secondary N) is 1. The van der Waals surface area contributed by atoms with E-state index in [0.717, 1.165) is 25.2 Å². The quantitative estimate of drug-likeness (QED) is 0.703. The zero-order valence-corrected chi connectivity index (χ0v) is 9.50. The molecule has 2 heterocycles. The number of rotatable bonds is 4. The molecule has 2 unspecified atom stereocenters. The van der Waals surface area contributed by atoms with Crippen molar-refractivity contribution in [2.75, 3.05) is 40.3 Å². The zero-order chi connectivity index (χ0) is 9.97. The highest BCUT2D eigenvalue weighted by Crippen LogP contribution is 2.27. The topological polar surface area (TPSA) is 18.5 Å². The molecule has 0 aromatic rings. The lowest BCUT2D eigenvalue weighted by atomic mass is 10.1. The third-order valence-electron chi connectivity index (χ3n) is 3.57. The molecule has 2 atom stereocenters. The first kappa shape index (κ1) is 10.4. The molecule has 3 nitrogen and oxygen atoms in total. The molecular weight excluding hydrogens is 174 g/mol. The Balaban J connectivity index is 1.71. The summed E-state index contributed by atoms with van der Waals surface area (Å²) < 4.78 is 0. The van der Waals surface area contributed by atoms with Crippen LogP contribution in [0.25, 0.3) is 0 Å². The van der Waals surface area contributed by atoms with E-state index in [2.05, 4.69) is 29.2 Å². The second kappa shape index (κ2) is 4.60. The summed E-state index contributed by atoms with van der Waals surface area (Å²) in [5.41, 5.74) is 0. The van der Waals surface area contributed by atoms with E-state index in [4.69, 9.17) is 0 Å². The predicted molar refractivity (Wildman–Crippen MR) is 59.6 cm³/mol. The Labute approximate surface area is 87.4 Å². The van der Waals surface area contributed by atoms with E-state index < -0.39 is 0 Å². The van der Waals surface area contributed by atoms with E-state index in [1.54, 1.807) is 0 Å². The Bertz CT molecular complexity index is 181. The molecule has 0 saturated carbocycles. The van der Waals surface area contributed by atoms with Crippen molar-refractivity contribution in [3.8, 4) is 0 Å². The van der Waals surface area contributed by atoms with Gasteiger partial charge in [0.25, 0.3) is 0 Å². The van der Waals surface area contributed by atoms with Crippen LogP contribution in [-0.2, 0) is 0 Å².